The van der Waals surface area contributed by atoms with Crippen LogP contribution in [-0.4, -0.2) is 9.55 Å². The number of alkyl halides is 1. The number of aryl methyl sites for hydroxylation is 1. The Morgan fingerprint density at radius 1 is 1.30 bits per heavy atom. The number of rotatable bonds is 7. The molecule has 0 spiro atoms. The summed E-state index contributed by atoms with van der Waals surface area (Å²) in [5.41, 5.74) is 3.63. The molecule has 110 valence electrons. The zero-order valence-corrected chi connectivity index (χ0v) is 13.6. The molecular formula is C17H25ClN2. The second-order valence-electron chi connectivity index (χ2n) is 5.63. The number of unbranched alkanes of at least 4 members (excludes halogenated alkanes) is 1. The molecule has 3 heteroatoms. The maximum Gasteiger partial charge on any atom is 0.124 e. The number of para-hydroxylation sites is 1. The van der Waals surface area contributed by atoms with E-state index in [4.69, 9.17) is 16.6 Å². The van der Waals surface area contributed by atoms with E-state index in [1.54, 1.807) is 0 Å². The van der Waals surface area contributed by atoms with Crippen LogP contribution in [0.3, 0.4) is 0 Å². The van der Waals surface area contributed by atoms with Crippen molar-refractivity contribution < 1.29 is 0 Å². The van der Waals surface area contributed by atoms with Gasteiger partial charge in [0.05, 0.1) is 16.9 Å². The molecule has 0 N–H and O–H groups in total. The van der Waals surface area contributed by atoms with Gasteiger partial charge >= 0.3 is 0 Å². The number of benzene rings is 1. The van der Waals surface area contributed by atoms with E-state index in [0.717, 1.165) is 17.9 Å². The monoisotopic (exact) mass is 292 g/mol. The fourth-order valence-corrected chi connectivity index (χ4v) is 3.09. The SMILES string of the molecule is CCCCC(CC)Cn1c(CCl)nc2cccc(C)c21. The lowest BCUT2D eigenvalue weighted by atomic mass is 9.99. The smallest absolute Gasteiger partial charge is 0.124 e. The van der Waals surface area contributed by atoms with E-state index in [9.17, 15) is 0 Å². The zero-order valence-electron chi connectivity index (χ0n) is 12.8. The van der Waals surface area contributed by atoms with E-state index in [0.29, 0.717) is 11.8 Å². The third-order valence-electron chi connectivity index (χ3n) is 4.15. The first-order chi connectivity index (χ1) is 9.71. The van der Waals surface area contributed by atoms with Crippen molar-refractivity contribution in [3.05, 3.63) is 29.6 Å². The standard InChI is InChI=1S/C17H25ClN2/c1-4-6-9-14(5-2)12-20-16(11-18)19-15-10-7-8-13(3)17(15)20/h7-8,10,14H,4-6,9,11-12H2,1-3H3. The number of fused-ring (bicyclic) bond motifs is 1. The lowest BCUT2D eigenvalue weighted by molar-refractivity contribution is 0.391. The van der Waals surface area contributed by atoms with Gasteiger partial charge in [-0.2, -0.15) is 0 Å². The van der Waals surface area contributed by atoms with Crippen molar-refractivity contribution in [3.63, 3.8) is 0 Å². The summed E-state index contributed by atoms with van der Waals surface area (Å²) in [5.74, 6) is 2.21. The maximum absolute atomic E-state index is 6.10. The van der Waals surface area contributed by atoms with E-state index >= 15 is 0 Å². The summed E-state index contributed by atoms with van der Waals surface area (Å²) in [4.78, 5) is 4.69. The van der Waals surface area contributed by atoms with Crippen molar-refractivity contribution in [2.24, 2.45) is 5.92 Å². The number of hydrogen-bond donors (Lipinski definition) is 0. The molecule has 0 radical (unpaired) electrons. The third kappa shape index (κ3) is 3.17. The minimum absolute atomic E-state index is 0.484. The van der Waals surface area contributed by atoms with E-state index in [-0.39, 0.29) is 0 Å². The second-order valence-corrected chi connectivity index (χ2v) is 5.90. The minimum atomic E-state index is 0.484. The van der Waals surface area contributed by atoms with Gasteiger partial charge in [0.25, 0.3) is 0 Å². The number of halogens is 1. The molecule has 1 unspecified atom stereocenters. The summed E-state index contributed by atoms with van der Waals surface area (Å²) in [6, 6.07) is 6.31. The van der Waals surface area contributed by atoms with Gasteiger partial charge < -0.3 is 4.57 Å². The molecular weight excluding hydrogens is 268 g/mol. The molecule has 1 heterocycles. The zero-order chi connectivity index (χ0) is 14.5. The fourth-order valence-electron chi connectivity index (χ4n) is 2.89. The number of imidazole rings is 1. The Morgan fingerprint density at radius 3 is 2.75 bits per heavy atom. The summed E-state index contributed by atoms with van der Waals surface area (Å²) in [6.07, 6.45) is 5.08. The topological polar surface area (TPSA) is 17.8 Å². The van der Waals surface area contributed by atoms with Gasteiger partial charge in [-0.05, 0) is 30.9 Å². The Morgan fingerprint density at radius 2 is 2.10 bits per heavy atom. The summed E-state index contributed by atoms with van der Waals surface area (Å²) >= 11 is 6.10. The third-order valence-corrected chi connectivity index (χ3v) is 4.39. The van der Waals surface area contributed by atoms with Crippen LogP contribution in [0.15, 0.2) is 18.2 Å². The molecule has 2 rings (SSSR count). The Hall–Kier alpha value is -1.02. The fraction of sp³-hybridized carbons (Fsp3) is 0.588. The van der Waals surface area contributed by atoms with Crippen LogP contribution < -0.4 is 0 Å². The molecule has 0 bridgehead atoms. The van der Waals surface area contributed by atoms with E-state index in [2.05, 4.69) is 43.5 Å². The van der Waals surface area contributed by atoms with E-state index in [1.807, 2.05) is 0 Å². The average molecular weight is 293 g/mol. The van der Waals surface area contributed by atoms with Gasteiger partial charge in [-0.25, -0.2) is 4.98 Å². The van der Waals surface area contributed by atoms with Crippen molar-refractivity contribution in [2.75, 3.05) is 0 Å². The van der Waals surface area contributed by atoms with Crippen LogP contribution >= 0.6 is 11.6 Å². The number of nitrogens with zero attached hydrogens (tertiary/aromatic N) is 2. The predicted molar refractivity (Wildman–Crippen MR) is 87.3 cm³/mol. The van der Waals surface area contributed by atoms with E-state index < -0.39 is 0 Å². The highest BCUT2D eigenvalue weighted by molar-refractivity contribution is 6.16. The normalized spacial score (nSPS) is 13.0. The van der Waals surface area contributed by atoms with Crippen molar-refractivity contribution in [2.45, 2.75) is 58.9 Å². The summed E-state index contributed by atoms with van der Waals surface area (Å²) in [5, 5.41) is 0. The Kier molecular flexibility index (Phi) is 5.47. The van der Waals surface area contributed by atoms with Crippen molar-refractivity contribution >= 4 is 22.6 Å². The van der Waals surface area contributed by atoms with Gasteiger partial charge in [-0.15, -0.1) is 11.6 Å². The average Bonchev–Trinajstić information content (AvgIpc) is 2.82. The van der Waals surface area contributed by atoms with Gasteiger partial charge in [0.15, 0.2) is 0 Å². The first kappa shape index (κ1) is 15.4. The molecule has 0 aliphatic heterocycles. The van der Waals surface area contributed by atoms with Crippen LogP contribution in [0, 0.1) is 12.8 Å². The summed E-state index contributed by atoms with van der Waals surface area (Å²) in [6.45, 7) is 7.74. The molecule has 20 heavy (non-hydrogen) atoms. The highest BCUT2D eigenvalue weighted by atomic mass is 35.5. The lowest BCUT2D eigenvalue weighted by Gasteiger charge is -2.18. The van der Waals surface area contributed by atoms with Crippen LogP contribution in [0.1, 0.15) is 50.9 Å². The Labute approximate surface area is 127 Å². The first-order valence-corrected chi connectivity index (χ1v) is 8.25. The molecule has 0 aliphatic carbocycles. The second kappa shape index (κ2) is 7.12. The number of hydrogen-bond acceptors (Lipinski definition) is 1. The highest BCUT2D eigenvalue weighted by Crippen LogP contribution is 2.24. The van der Waals surface area contributed by atoms with Crippen LogP contribution in [-0.2, 0) is 12.4 Å². The van der Waals surface area contributed by atoms with Crippen LogP contribution in [0.2, 0.25) is 0 Å². The maximum atomic E-state index is 6.10. The molecule has 0 amide bonds. The van der Waals surface area contributed by atoms with Crippen LogP contribution in [0.5, 0.6) is 0 Å². The summed E-state index contributed by atoms with van der Waals surface area (Å²) < 4.78 is 2.35. The van der Waals surface area contributed by atoms with Gasteiger partial charge in [-0.3, -0.25) is 0 Å². The minimum Gasteiger partial charge on any atom is -0.326 e. The predicted octanol–water partition coefficient (Wildman–Crippen LogP) is 5.30. The molecule has 2 aromatic rings. The Bertz CT molecular complexity index is 559. The molecule has 1 aromatic heterocycles. The van der Waals surface area contributed by atoms with Crippen molar-refractivity contribution in [3.8, 4) is 0 Å². The van der Waals surface area contributed by atoms with Crippen LogP contribution in [0.25, 0.3) is 11.0 Å². The lowest BCUT2D eigenvalue weighted by Crippen LogP contribution is -2.12. The van der Waals surface area contributed by atoms with Gasteiger partial charge in [0, 0.05) is 6.54 Å². The van der Waals surface area contributed by atoms with E-state index in [1.165, 1.54) is 36.8 Å². The molecule has 0 aliphatic rings. The largest absolute Gasteiger partial charge is 0.326 e. The molecule has 1 aromatic carbocycles. The molecule has 0 saturated heterocycles. The molecule has 1 atom stereocenters. The first-order valence-electron chi connectivity index (χ1n) is 7.71. The van der Waals surface area contributed by atoms with Crippen LogP contribution in [0.4, 0.5) is 0 Å². The molecule has 0 fully saturated rings. The van der Waals surface area contributed by atoms with Crippen molar-refractivity contribution in [1.29, 1.82) is 0 Å². The Balaban J connectivity index is 2.36. The molecule has 0 saturated carbocycles. The quantitative estimate of drug-likeness (QED) is 0.633. The molecule has 2 nitrogen and oxygen atoms in total. The van der Waals surface area contributed by atoms with Gasteiger partial charge in [0.2, 0.25) is 0 Å². The number of aromatic nitrogens is 2. The van der Waals surface area contributed by atoms with Crippen molar-refractivity contribution in [1.82, 2.24) is 9.55 Å². The summed E-state index contributed by atoms with van der Waals surface area (Å²) in [7, 11) is 0. The van der Waals surface area contributed by atoms with Gasteiger partial charge in [0.1, 0.15) is 5.82 Å². The highest BCUT2D eigenvalue weighted by Gasteiger charge is 2.15. The van der Waals surface area contributed by atoms with Gasteiger partial charge in [-0.1, -0.05) is 45.2 Å².